The normalized spacial score (nSPS) is 28.5. The third-order valence-corrected chi connectivity index (χ3v) is 5.48. The Bertz CT molecular complexity index is 657. The zero-order chi connectivity index (χ0) is 15.7. The maximum atomic E-state index is 10.3. The zero-order valence-electron chi connectivity index (χ0n) is 11.5. The Balaban J connectivity index is 1.83. The van der Waals surface area contributed by atoms with E-state index in [4.69, 9.17) is 10.5 Å². The number of fused-ring (bicyclic) bond motifs is 1. The lowest BCUT2D eigenvalue weighted by Gasteiger charge is -2.16. The Morgan fingerprint density at radius 1 is 1.32 bits per heavy atom. The van der Waals surface area contributed by atoms with E-state index in [2.05, 4.69) is 30.9 Å². The summed E-state index contributed by atoms with van der Waals surface area (Å²) in [4.78, 5) is 12.2. The number of nitrogens with zero attached hydrogens (tertiary/aromatic N) is 4. The standard InChI is InChI=1S/C12H16BrN5O3S/c13-1-2-22-3-6-8(19)9(20)12(21-6)18-5-17-7-10(14)15-4-16-11(7)18/h4-6,8-9,12,19-20H,1-3H2,(H2,14,15,16)/t6-,8-,9-,12?/m1/s1. The summed E-state index contributed by atoms with van der Waals surface area (Å²) in [5.41, 5.74) is 6.67. The molecule has 2 aromatic heterocycles. The highest BCUT2D eigenvalue weighted by Gasteiger charge is 2.44. The van der Waals surface area contributed by atoms with E-state index in [0.29, 0.717) is 16.9 Å². The number of ether oxygens (including phenoxy) is 1. The summed E-state index contributed by atoms with van der Waals surface area (Å²) in [6.45, 7) is 0. The lowest BCUT2D eigenvalue weighted by molar-refractivity contribution is -0.0288. The minimum atomic E-state index is -1.05. The number of hydrogen-bond acceptors (Lipinski definition) is 8. The number of thioether (sulfide) groups is 1. The third-order valence-electron chi connectivity index (χ3n) is 3.50. The van der Waals surface area contributed by atoms with Crippen LogP contribution >= 0.6 is 27.7 Å². The first-order valence-electron chi connectivity index (χ1n) is 6.71. The van der Waals surface area contributed by atoms with Crippen LogP contribution in [0.15, 0.2) is 12.7 Å². The molecule has 3 heterocycles. The van der Waals surface area contributed by atoms with Crippen molar-refractivity contribution in [2.45, 2.75) is 24.5 Å². The van der Waals surface area contributed by atoms with Crippen LogP contribution in [0.4, 0.5) is 5.82 Å². The predicted molar refractivity (Wildman–Crippen MR) is 86.8 cm³/mol. The summed E-state index contributed by atoms with van der Waals surface area (Å²) in [7, 11) is 0. The SMILES string of the molecule is Nc1ncnc2c1ncn2C1O[C@H](CSCCBr)[C@@H](O)[C@H]1O. The van der Waals surface area contributed by atoms with Crippen molar-refractivity contribution in [1.29, 1.82) is 0 Å². The van der Waals surface area contributed by atoms with Gasteiger partial charge in [0.1, 0.15) is 24.1 Å². The number of rotatable bonds is 5. The van der Waals surface area contributed by atoms with Crippen molar-refractivity contribution >= 4 is 44.7 Å². The molecular weight excluding hydrogens is 374 g/mol. The fourth-order valence-corrected chi connectivity index (χ4v) is 3.88. The van der Waals surface area contributed by atoms with E-state index in [9.17, 15) is 10.2 Å². The summed E-state index contributed by atoms with van der Waals surface area (Å²) >= 11 is 5.00. The molecular formula is C12H16BrN5O3S. The largest absolute Gasteiger partial charge is 0.387 e. The average molecular weight is 390 g/mol. The second kappa shape index (κ2) is 6.67. The van der Waals surface area contributed by atoms with Gasteiger partial charge >= 0.3 is 0 Å². The number of aliphatic hydroxyl groups excluding tert-OH is 2. The first-order chi connectivity index (χ1) is 10.6. The smallest absolute Gasteiger partial charge is 0.167 e. The Kier molecular flexibility index (Phi) is 4.83. The van der Waals surface area contributed by atoms with Gasteiger partial charge in [-0.25, -0.2) is 15.0 Å². The van der Waals surface area contributed by atoms with Crippen LogP contribution in [0.5, 0.6) is 0 Å². The molecule has 0 radical (unpaired) electrons. The molecule has 120 valence electrons. The quantitative estimate of drug-likeness (QED) is 0.488. The highest BCUT2D eigenvalue weighted by molar-refractivity contribution is 9.09. The van der Waals surface area contributed by atoms with Gasteiger partial charge in [0.2, 0.25) is 0 Å². The molecule has 0 spiro atoms. The Labute approximate surface area is 139 Å². The van der Waals surface area contributed by atoms with Crippen LogP contribution in [-0.4, -0.2) is 64.9 Å². The van der Waals surface area contributed by atoms with Crippen molar-refractivity contribution in [3.05, 3.63) is 12.7 Å². The number of alkyl halides is 1. The van der Waals surface area contributed by atoms with Crippen LogP contribution in [0.1, 0.15) is 6.23 Å². The van der Waals surface area contributed by atoms with E-state index in [1.165, 1.54) is 12.7 Å². The summed E-state index contributed by atoms with van der Waals surface area (Å²) in [6.07, 6.45) is -0.376. The molecule has 10 heteroatoms. The van der Waals surface area contributed by atoms with Crippen molar-refractivity contribution in [3.8, 4) is 0 Å². The summed E-state index contributed by atoms with van der Waals surface area (Å²) in [6, 6.07) is 0. The maximum Gasteiger partial charge on any atom is 0.167 e. The van der Waals surface area contributed by atoms with Gasteiger partial charge in [0.15, 0.2) is 17.7 Å². The molecule has 1 fully saturated rings. The van der Waals surface area contributed by atoms with E-state index < -0.39 is 24.5 Å². The van der Waals surface area contributed by atoms with Crippen molar-refractivity contribution < 1.29 is 14.9 Å². The minimum Gasteiger partial charge on any atom is -0.387 e. The van der Waals surface area contributed by atoms with Crippen LogP contribution in [0.2, 0.25) is 0 Å². The minimum absolute atomic E-state index is 0.265. The van der Waals surface area contributed by atoms with Gasteiger partial charge in [0.05, 0.1) is 12.4 Å². The average Bonchev–Trinajstić information content (AvgIpc) is 3.05. The van der Waals surface area contributed by atoms with E-state index >= 15 is 0 Å². The number of nitrogen functional groups attached to an aromatic ring is 1. The molecule has 0 aromatic carbocycles. The van der Waals surface area contributed by atoms with Crippen molar-refractivity contribution in [2.75, 3.05) is 22.6 Å². The molecule has 4 N–H and O–H groups in total. The molecule has 22 heavy (non-hydrogen) atoms. The van der Waals surface area contributed by atoms with E-state index in [-0.39, 0.29) is 5.82 Å². The molecule has 0 amide bonds. The van der Waals surface area contributed by atoms with Gasteiger partial charge in [0, 0.05) is 16.8 Å². The highest BCUT2D eigenvalue weighted by atomic mass is 79.9. The molecule has 1 aliphatic rings. The van der Waals surface area contributed by atoms with Crippen LogP contribution in [0.25, 0.3) is 11.2 Å². The second-order valence-electron chi connectivity index (χ2n) is 4.89. The van der Waals surface area contributed by atoms with E-state index in [1.807, 2.05) is 0 Å². The lowest BCUT2D eigenvalue weighted by atomic mass is 10.1. The fraction of sp³-hybridized carbons (Fsp3) is 0.583. The molecule has 0 bridgehead atoms. The van der Waals surface area contributed by atoms with Gasteiger partial charge in [-0.3, -0.25) is 4.57 Å². The molecule has 1 aliphatic heterocycles. The van der Waals surface area contributed by atoms with Crippen molar-refractivity contribution in [3.63, 3.8) is 0 Å². The summed E-state index contributed by atoms with van der Waals surface area (Å²) in [5.74, 6) is 1.77. The van der Waals surface area contributed by atoms with Crippen LogP contribution in [0, 0.1) is 0 Å². The number of halogens is 1. The van der Waals surface area contributed by atoms with Crippen LogP contribution in [-0.2, 0) is 4.74 Å². The second-order valence-corrected chi connectivity index (χ2v) is 6.84. The molecule has 8 nitrogen and oxygen atoms in total. The van der Waals surface area contributed by atoms with Gasteiger partial charge in [-0.2, -0.15) is 11.8 Å². The number of aliphatic hydroxyl groups is 2. The first kappa shape index (κ1) is 15.9. The number of imidazole rings is 1. The van der Waals surface area contributed by atoms with E-state index in [1.54, 1.807) is 16.3 Å². The summed E-state index contributed by atoms with van der Waals surface area (Å²) < 4.78 is 7.39. The molecule has 1 unspecified atom stereocenters. The fourth-order valence-electron chi connectivity index (χ4n) is 2.41. The Hall–Kier alpha value is -0.940. The van der Waals surface area contributed by atoms with Gasteiger partial charge < -0.3 is 20.7 Å². The number of anilines is 1. The number of nitrogens with two attached hydrogens (primary N) is 1. The zero-order valence-corrected chi connectivity index (χ0v) is 13.9. The first-order valence-corrected chi connectivity index (χ1v) is 8.99. The molecule has 0 saturated carbocycles. The lowest BCUT2D eigenvalue weighted by Crippen LogP contribution is -2.32. The molecule has 3 rings (SSSR count). The third kappa shape index (κ3) is 2.81. The molecule has 4 atom stereocenters. The van der Waals surface area contributed by atoms with Gasteiger partial charge in [-0.05, 0) is 0 Å². The molecule has 0 aliphatic carbocycles. The number of hydrogen-bond donors (Lipinski definition) is 3. The Morgan fingerprint density at radius 2 is 2.14 bits per heavy atom. The summed E-state index contributed by atoms with van der Waals surface area (Å²) in [5, 5.41) is 21.3. The van der Waals surface area contributed by atoms with Gasteiger partial charge in [-0.15, -0.1) is 0 Å². The Morgan fingerprint density at radius 3 is 2.91 bits per heavy atom. The number of aromatic nitrogens is 4. The topological polar surface area (TPSA) is 119 Å². The highest BCUT2D eigenvalue weighted by Crippen LogP contribution is 2.33. The van der Waals surface area contributed by atoms with Gasteiger partial charge in [0.25, 0.3) is 0 Å². The van der Waals surface area contributed by atoms with Crippen LogP contribution in [0.3, 0.4) is 0 Å². The van der Waals surface area contributed by atoms with E-state index in [0.717, 1.165) is 11.1 Å². The van der Waals surface area contributed by atoms with Crippen molar-refractivity contribution in [1.82, 2.24) is 19.5 Å². The maximum absolute atomic E-state index is 10.3. The predicted octanol–water partition coefficient (Wildman–Crippen LogP) is 0.156. The monoisotopic (exact) mass is 389 g/mol. The molecule has 1 saturated heterocycles. The molecule has 2 aromatic rings. The van der Waals surface area contributed by atoms with Gasteiger partial charge in [-0.1, -0.05) is 15.9 Å². The van der Waals surface area contributed by atoms with Crippen molar-refractivity contribution in [2.24, 2.45) is 0 Å². The van der Waals surface area contributed by atoms with Crippen LogP contribution < -0.4 is 5.73 Å².